The molecule has 0 saturated heterocycles. The summed E-state index contributed by atoms with van der Waals surface area (Å²) >= 11 is 1.76. The van der Waals surface area contributed by atoms with Crippen LogP contribution >= 0.6 is 11.3 Å². The van der Waals surface area contributed by atoms with Crippen LogP contribution in [0, 0.1) is 0 Å². The number of ether oxygens (including phenoxy) is 1. The molecule has 6 heteroatoms. The number of nitrogens with zero attached hydrogens (tertiary/aromatic N) is 2. The number of likely N-dealkylation sites (N-methyl/N-ethyl adjacent to an activating group) is 1. The lowest BCUT2D eigenvalue weighted by molar-refractivity contribution is -0.140. The van der Waals surface area contributed by atoms with E-state index in [2.05, 4.69) is 37.5 Å². The molecule has 0 unspecified atom stereocenters. The summed E-state index contributed by atoms with van der Waals surface area (Å²) in [5, 5.41) is 5.23. The minimum atomic E-state index is -0.218. The first kappa shape index (κ1) is 15.5. The van der Waals surface area contributed by atoms with E-state index in [9.17, 15) is 4.79 Å². The molecule has 0 saturated carbocycles. The van der Waals surface area contributed by atoms with Gasteiger partial charge in [-0.1, -0.05) is 6.07 Å². The van der Waals surface area contributed by atoms with Crippen LogP contribution in [0.1, 0.15) is 11.3 Å². The van der Waals surface area contributed by atoms with Gasteiger partial charge < -0.3 is 15.0 Å². The maximum atomic E-state index is 11.0. The van der Waals surface area contributed by atoms with Crippen molar-refractivity contribution in [2.75, 3.05) is 34.3 Å². The van der Waals surface area contributed by atoms with Crippen molar-refractivity contribution < 1.29 is 9.53 Å². The molecule has 0 bridgehead atoms. The smallest absolute Gasteiger partial charge is 0.307 e. The molecule has 0 fully saturated rings. The number of carbonyl (C=O) groups is 1. The Morgan fingerprint density at radius 3 is 2.95 bits per heavy atom. The third-order valence-corrected chi connectivity index (χ3v) is 3.62. The van der Waals surface area contributed by atoms with Crippen LogP contribution in [0.15, 0.2) is 22.5 Å². The normalized spacial score (nSPS) is 11.2. The van der Waals surface area contributed by atoms with E-state index in [0.29, 0.717) is 13.0 Å². The van der Waals surface area contributed by atoms with Crippen LogP contribution < -0.4 is 5.32 Å². The molecule has 5 nitrogen and oxygen atoms in total. The Labute approximate surface area is 118 Å². The topological polar surface area (TPSA) is 53.9 Å². The predicted molar refractivity (Wildman–Crippen MR) is 78.6 cm³/mol. The summed E-state index contributed by atoms with van der Waals surface area (Å²) in [6.07, 6.45) is 1.33. The molecule has 0 atom stereocenters. The highest BCUT2D eigenvalue weighted by Gasteiger charge is 2.07. The van der Waals surface area contributed by atoms with E-state index in [-0.39, 0.29) is 5.97 Å². The number of aliphatic imine (C=N–C) groups is 1. The van der Waals surface area contributed by atoms with Gasteiger partial charge in [0.05, 0.1) is 13.5 Å². The zero-order chi connectivity index (χ0) is 14.1. The van der Waals surface area contributed by atoms with Gasteiger partial charge in [0.1, 0.15) is 0 Å². The number of rotatable bonds is 6. The molecule has 0 aliphatic heterocycles. The lowest BCUT2D eigenvalue weighted by atomic mass is 10.3. The highest BCUT2D eigenvalue weighted by Crippen LogP contribution is 2.09. The molecular formula is C13H21N3O2S. The Kier molecular flexibility index (Phi) is 6.95. The van der Waals surface area contributed by atoms with Crippen LogP contribution in [0.4, 0.5) is 0 Å². The predicted octanol–water partition coefficient (Wildman–Crippen LogP) is 1.36. The number of methoxy groups -OCH3 is 1. The Hall–Kier alpha value is -1.56. The molecule has 1 N–H and O–H groups in total. The summed E-state index contributed by atoms with van der Waals surface area (Å²) in [6.45, 7) is 1.42. The van der Waals surface area contributed by atoms with Gasteiger partial charge in [0, 0.05) is 32.1 Å². The summed E-state index contributed by atoms with van der Waals surface area (Å²) in [5.74, 6) is 0.574. The number of esters is 1. The summed E-state index contributed by atoms with van der Waals surface area (Å²) in [6, 6.07) is 4.19. The molecule has 0 aliphatic rings. The quantitative estimate of drug-likeness (QED) is 0.486. The molecule has 0 spiro atoms. The van der Waals surface area contributed by atoms with Crippen LogP contribution in [0.25, 0.3) is 0 Å². The van der Waals surface area contributed by atoms with Gasteiger partial charge in [0.25, 0.3) is 0 Å². The van der Waals surface area contributed by atoms with E-state index < -0.39 is 0 Å². The average molecular weight is 283 g/mol. The number of nitrogens with one attached hydrogen (secondary N) is 1. The third kappa shape index (κ3) is 5.74. The Bertz CT molecular complexity index is 404. The Morgan fingerprint density at radius 2 is 2.37 bits per heavy atom. The van der Waals surface area contributed by atoms with Crippen molar-refractivity contribution in [1.29, 1.82) is 0 Å². The molecule has 0 aliphatic carbocycles. The maximum absolute atomic E-state index is 11.0. The molecule has 0 amide bonds. The van der Waals surface area contributed by atoms with E-state index >= 15 is 0 Å². The van der Waals surface area contributed by atoms with E-state index in [1.807, 2.05) is 7.05 Å². The van der Waals surface area contributed by atoms with Gasteiger partial charge in [0.2, 0.25) is 0 Å². The van der Waals surface area contributed by atoms with Crippen molar-refractivity contribution in [1.82, 2.24) is 10.2 Å². The molecule has 1 heterocycles. The SMILES string of the molecule is CN=C(NCCC(=O)OC)N(C)CCc1cccs1. The lowest BCUT2D eigenvalue weighted by Crippen LogP contribution is -2.40. The zero-order valence-electron chi connectivity index (χ0n) is 11.7. The van der Waals surface area contributed by atoms with Crippen LogP contribution in [0.5, 0.6) is 0 Å². The van der Waals surface area contributed by atoms with Gasteiger partial charge in [0.15, 0.2) is 5.96 Å². The van der Waals surface area contributed by atoms with E-state index in [1.54, 1.807) is 18.4 Å². The van der Waals surface area contributed by atoms with Crippen LogP contribution in [-0.2, 0) is 16.0 Å². The summed E-state index contributed by atoms with van der Waals surface area (Å²) < 4.78 is 4.59. The van der Waals surface area contributed by atoms with Gasteiger partial charge >= 0.3 is 5.97 Å². The average Bonchev–Trinajstić information content (AvgIpc) is 2.93. The first-order valence-electron chi connectivity index (χ1n) is 6.18. The molecule has 106 valence electrons. The van der Waals surface area contributed by atoms with Gasteiger partial charge in [-0.2, -0.15) is 0 Å². The molecular weight excluding hydrogens is 262 g/mol. The summed E-state index contributed by atoms with van der Waals surface area (Å²) in [5.41, 5.74) is 0. The van der Waals surface area contributed by atoms with Crippen molar-refractivity contribution in [3.05, 3.63) is 22.4 Å². The fourth-order valence-corrected chi connectivity index (χ4v) is 2.30. The van der Waals surface area contributed by atoms with Gasteiger partial charge in [-0.25, -0.2) is 0 Å². The first-order chi connectivity index (χ1) is 9.17. The fraction of sp³-hybridized carbons (Fsp3) is 0.538. The molecule has 0 radical (unpaired) electrons. The minimum absolute atomic E-state index is 0.218. The number of thiophene rings is 1. The number of guanidine groups is 1. The lowest BCUT2D eigenvalue weighted by Gasteiger charge is -2.21. The molecule has 1 aromatic heterocycles. The van der Waals surface area contributed by atoms with Gasteiger partial charge in [-0.05, 0) is 17.9 Å². The summed E-state index contributed by atoms with van der Waals surface area (Å²) in [7, 11) is 5.12. The molecule has 1 aromatic rings. The van der Waals surface area contributed by atoms with Crippen LogP contribution in [0.2, 0.25) is 0 Å². The second kappa shape index (κ2) is 8.53. The van der Waals surface area contributed by atoms with Crippen molar-refractivity contribution in [2.45, 2.75) is 12.8 Å². The van der Waals surface area contributed by atoms with Crippen LogP contribution in [0.3, 0.4) is 0 Å². The number of carbonyl (C=O) groups excluding carboxylic acids is 1. The Balaban J connectivity index is 2.31. The molecule has 0 aromatic carbocycles. The standard InChI is InChI=1S/C13H21N3O2S/c1-14-13(15-8-6-12(17)18-3)16(2)9-7-11-5-4-10-19-11/h4-5,10H,6-9H2,1-3H3,(H,14,15). The van der Waals surface area contributed by atoms with Crippen molar-refractivity contribution in [2.24, 2.45) is 4.99 Å². The molecule has 1 rings (SSSR count). The number of hydrogen-bond donors (Lipinski definition) is 1. The highest BCUT2D eigenvalue weighted by atomic mass is 32.1. The minimum Gasteiger partial charge on any atom is -0.469 e. The van der Waals surface area contributed by atoms with Gasteiger partial charge in [-0.15, -0.1) is 11.3 Å². The maximum Gasteiger partial charge on any atom is 0.307 e. The van der Waals surface area contributed by atoms with Crippen molar-refractivity contribution >= 4 is 23.3 Å². The first-order valence-corrected chi connectivity index (χ1v) is 7.06. The monoisotopic (exact) mass is 283 g/mol. The second-order valence-corrected chi connectivity index (χ2v) is 5.08. The van der Waals surface area contributed by atoms with E-state index in [0.717, 1.165) is 18.9 Å². The second-order valence-electron chi connectivity index (χ2n) is 4.05. The third-order valence-electron chi connectivity index (χ3n) is 2.69. The van der Waals surface area contributed by atoms with Crippen molar-refractivity contribution in [3.63, 3.8) is 0 Å². The summed E-state index contributed by atoms with van der Waals surface area (Å²) in [4.78, 5) is 18.6. The highest BCUT2D eigenvalue weighted by molar-refractivity contribution is 7.09. The Morgan fingerprint density at radius 1 is 1.58 bits per heavy atom. The fourth-order valence-electron chi connectivity index (χ4n) is 1.60. The zero-order valence-corrected chi connectivity index (χ0v) is 12.5. The largest absolute Gasteiger partial charge is 0.469 e. The molecule has 19 heavy (non-hydrogen) atoms. The number of hydrogen-bond acceptors (Lipinski definition) is 4. The van der Waals surface area contributed by atoms with Crippen LogP contribution in [-0.4, -0.2) is 51.1 Å². The van der Waals surface area contributed by atoms with E-state index in [4.69, 9.17) is 0 Å². The van der Waals surface area contributed by atoms with E-state index in [1.165, 1.54) is 12.0 Å². The van der Waals surface area contributed by atoms with Gasteiger partial charge in [-0.3, -0.25) is 9.79 Å². The van der Waals surface area contributed by atoms with Crippen molar-refractivity contribution in [3.8, 4) is 0 Å².